The van der Waals surface area contributed by atoms with E-state index in [2.05, 4.69) is 43.6 Å². The number of hydrogen-bond donors (Lipinski definition) is 1. The highest BCUT2D eigenvalue weighted by Crippen LogP contribution is 2.18. The second kappa shape index (κ2) is 7.86. The van der Waals surface area contributed by atoms with Gasteiger partial charge in [0.15, 0.2) is 0 Å². The average Bonchev–Trinajstić information content (AvgIpc) is 2.77. The fourth-order valence-electron chi connectivity index (χ4n) is 2.11. The van der Waals surface area contributed by atoms with Crippen molar-refractivity contribution in [2.45, 2.75) is 52.5 Å². The van der Waals surface area contributed by atoms with Crippen LogP contribution in [0.1, 0.15) is 44.9 Å². The van der Waals surface area contributed by atoms with Crippen molar-refractivity contribution >= 4 is 11.3 Å². The zero-order chi connectivity index (χ0) is 11.8. The van der Waals surface area contributed by atoms with Gasteiger partial charge in [0.2, 0.25) is 0 Å². The van der Waals surface area contributed by atoms with Gasteiger partial charge in [-0.1, -0.05) is 33.3 Å². The maximum atomic E-state index is 3.70. The zero-order valence-electron chi connectivity index (χ0n) is 10.8. The molecule has 0 aliphatic carbocycles. The first-order valence-electron chi connectivity index (χ1n) is 6.53. The molecule has 1 nitrogen and oxygen atoms in total. The molecule has 0 fully saturated rings. The molecule has 1 heterocycles. The minimum absolute atomic E-state index is 0.651. The van der Waals surface area contributed by atoms with E-state index in [1.165, 1.54) is 30.6 Å². The summed E-state index contributed by atoms with van der Waals surface area (Å²) < 4.78 is 0. The Bertz CT molecular complexity index is 256. The first kappa shape index (κ1) is 13.7. The molecule has 1 rings (SSSR count). The van der Waals surface area contributed by atoms with Crippen LogP contribution >= 0.6 is 11.3 Å². The fraction of sp³-hybridized carbons (Fsp3) is 0.714. The summed E-state index contributed by atoms with van der Waals surface area (Å²) in [5.74, 6) is 0.777. The average molecular weight is 239 g/mol. The summed E-state index contributed by atoms with van der Waals surface area (Å²) in [5.41, 5.74) is 0. The lowest BCUT2D eigenvalue weighted by Crippen LogP contribution is -2.37. The summed E-state index contributed by atoms with van der Waals surface area (Å²) in [6, 6.07) is 5.06. The highest BCUT2D eigenvalue weighted by Gasteiger charge is 2.16. The van der Waals surface area contributed by atoms with Crippen LogP contribution in [-0.2, 0) is 6.42 Å². The van der Waals surface area contributed by atoms with Crippen LogP contribution in [0.25, 0.3) is 0 Å². The summed E-state index contributed by atoms with van der Waals surface area (Å²) >= 11 is 1.88. The highest BCUT2D eigenvalue weighted by atomic mass is 32.1. The van der Waals surface area contributed by atoms with Gasteiger partial charge < -0.3 is 5.32 Å². The van der Waals surface area contributed by atoms with Gasteiger partial charge in [-0.15, -0.1) is 11.3 Å². The minimum Gasteiger partial charge on any atom is -0.313 e. The number of hydrogen-bond acceptors (Lipinski definition) is 2. The van der Waals surface area contributed by atoms with Gasteiger partial charge in [0.25, 0.3) is 0 Å². The Morgan fingerprint density at radius 3 is 2.69 bits per heavy atom. The van der Waals surface area contributed by atoms with Gasteiger partial charge in [-0.25, -0.2) is 0 Å². The molecular weight excluding hydrogens is 214 g/mol. The molecule has 2 unspecified atom stereocenters. The summed E-state index contributed by atoms with van der Waals surface area (Å²) in [7, 11) is 0. The maximum Gasteiger partial charge on any atom is 0.0141 e. The quantitative estimate of drug-likeness (QED) is 0.720. The topological polar surface area (TPSA) is 12.0 Å². The zero-order valence-corrected chi connectivity index (χ0v) is 11.6. The Morgan fingerprint density at radius 1 is 1.31 bits per heavy atom. The van der Waals surface area contributed by atoms with Crippen molar-refractivity contribution in [3.05, 3.63) is 22.4 Å². The fourth-order valence-corrected chi connectivity index (χ4v) is 2.87. The molecule has 1 N–H and O–H groups in total. The molecule has 16 heavy (non-hydrogen) atoms. The second-order valence-electron chi connectivity index (χ2n) is 4.61. The van der Waals surface area contributed by atoms with Crippen LogP contribution in [0.15, 0.2) is 17.5 Å². The third kappa shape index (κ3) is 4.67. The van der Waals surface area contributed by atoms with Crippen LogP contribution in [-0.4, -0.2) is 12.6 Å². The van der Waals surface area contributed by atoms with Crippen LogP contribution in [0.4, 0.5) is 0 Å². The molecule has 92 valence electrons. The third-order valence-corrected chi connectivity index (χ3v) is 3.99. The Kier molecular flexibility index (Phi) is 6.74. The van der Waals surface area contributed by atoms with E-state index in [1.807, 2.05) is 11.3 Å². The molecule has 1 aromatic rings. The first-order chi connectivity index (χ1) is 7.77. The van der Waals surface area contributed by atoms with E-state index in [9.17, 15) is 0 Å². The predicted molar refractivity (Wildman–Crippen MR) is 74.2 cm³/mol. The molecule has 0 amide bonds. The van der Waals surface area contributed by atoms with E-state index in [-0.39, 0.29) is 0 Å². The lowest BCUT2D eigenvalue weighted by molar-refractivity contribution is 0.354. The maximum absolute atomic E-state index is 3.70. The van der Waals surface area contributed by atoms with Gasteiger partial charge in [-0.3, -0.25) is 0 Å². The van der Waals surface area contributed by atoms with Crippen molar-refractivity contribution in [2.24, 2.45) is 5.92 Å². The molecule has 0 bridgehead atoms. The molecule has 0 saturated heterocycles. The summed E-state index contributed by atoms with van der Waals surface area (Å²) in [6.07, 6.45) is 5.03. The molecule has 0 radical (unpaired) electrons. The second-order valence-corrected chi connectivity index (χ2v) is 5.64. The minimum atomic E-state index is 0.651. The van der Waals surface area contributed by atoms with Gasteiger partial charge >= 0.3 is 0 Å². The first-order valence-corrected chi connectivity index (χ1v) is 7.41. The summed E-state index contributed by atoms with van der Waals surface area (Å²) in [4.78, 5) is 1.51. The smallest absolute Gasteiger partial charge is 0.0141 e. The molecule has 2 heteroatoms. The van der Waals surface area contributed by atoms with Gasteiger partial charge in [0.05, 0.1) is 0 Å². The molecule has 0 aliphatic rings. The lowest BCUT2D eigenvalue weighted by Gasteiger charge is -2.24. The molecule has 0 aliphatic heterocycles. The lowest BCUT2D eigenvalue weighted by atomic mass is 9.93. The summed E-state index contributed by atoms with van der Waals surface area (Å²) in [6.45, 7) is 8.03. The molecule has 0 spiro atoms. The molecule has 0 saturated carbocycles. The van der Waals surface area contributed by atoms with Gasteiger partial charge in [0.1, 0.15) is 0 Å². The Hall–Kier alpha value is -0.340. The standard InChI is InChI=1S/C14H25NS/c1-4-7-12(3)14(15-9-5-2)11-13-8-6-10-16-13/h6,8,10,12,14-15H,4-5,7,9,11H2,1-3H3. The molecular formula is C14H25NS. The van der Waals surface area contributed by atoms with E-state index in [4.69, 9.17) is 0 Å². The van der Waals surface area contributed by atoms with Crippen molar-refractivity contribution in [3.63, 3.8) is 0 Å². The van der Waals surface area contributed by atoms with Crippen molar-refractivity contribution in [2.75, 3.05) is 6.54 Å². The van der Waals surface area contributed by atoms with Crippen molar-refractivity contribution in [1.29, 1.82) is 0 Å². The van der Waals surface area contributed by atoms with E-state index >= 15 is 0 Å². The summed E-state index contributed by atoms with van der Waals surface area (Å²) in [5, 5.41) is 5.88. The molecule has 0 aromatic carbocycles. The normalized spacial score (nSPS) is 14.9. The van der Waals surface area contributed by atoms with Gasteiger partial charge in [-0.05, 0) is 43.2 Å². The van der Waals surface area contributed by atoms with Gasteiger partial charge in [-0.2, -0.15) is 0 Å². The van der Waals surface area contributed by atoms with Crippen LogP contribution in [0.5, 0.6) is 0 Å². The van der Waals surface area contributed by atoms with Crippen LogP contribution in [0, 0.1) is 5.92 Å². The highest BCUT2D eigenvalue weighted by molar-refractivity contribution is 7.09. The van der Waals surface area contributed by atoms with Crippen molar-refractivity contribution in [1.82, 2.24) is 5.32 Å². The van der Waals surface area contributed by atoms with E-state index in [1.54, 1.807) is 0 Å². The number of rotatable bonds is 8. The van der Waals surface area contributed by atoms with Crippen LogP contribution < -0.4 is 5.32 Å². The number of thiophene rings is 1. The van der Waals surface area contributed by atoms with E-state index in [0.29, 0.717) is 6.04 Å². The predicted octanol–water partition coefficient (Wildman–Crippen LogP) is 4.10. The van der Waals surface area contributed by atoms with Gasteiger partial charge in [0, 0.05) is 10.9 Å². The monoisotopic (exact) mass is 239 g/mol. The molecule has 2 atom stereocenters. The SMILES string of the molecule is CCCNC(Cc1cccs1)C(C)CCC. The van der Waals surface area contributed by atoms with Crippen molar-refractivity contribution in [3.8, 4) is 0 Å². The third-order valence-electron chi connectivity index (χ3n) is 3.09. The van der Waals surface area contributed by atoms with Crippen molar-refractivity contribution < 1.29 is 0 Å². The van der Waals surface area contributed by atoms with Crippen LogP contribution in [0.3, 0.4) is 0 Å². The molecule has 1 aromatic heterocycles. The largest absolute Gasteiger partial charge is 0.313 e. The van der Waals surface area contributed by atoms with E-state index < -0.39 is 0 Å². The van der Waals surface area contributed by atoms with E-state index in [0.717, 1.165) is 12.5 Å². The number of nitrogens with one attached hydrogen (secondary N) is 1. The Balaban J connectivity index is 2.49. The van der Waals surface area contributed by atoms with Crippen LogP contribution in [0.2, 0.25) is 0 Å². The Labute approximate surface area is 104 Å². The Morgan fingerprint density at radius 2 is 2.12 bits per heavy atom.